The van der Waals surface area contributed by atoms with Gasteiger partial charge < -0.3 is 15.7 Å². The molecule has 0 bridgehead atoms. The van der Waals surface area contributed by atoms with Crippen molar-refractivity contribution in [2.24, 2.45) is 0 Å². The van der Waals surface area contributed by atoms with Crippen LogP contribution in [0.4, 0.5) is 5.69 Å². The van der Waals surface area contributed by atoms with Gasteiger partial charge in [-0.15, -0.1) is 0 Å². The zero-order valence-corrected chi connectivity index (χ0v) is 12.6. The van der Waals surface area contributed by atoms with Gasteiger partial charge in [-0.1, -0.05) is 30.3 Å². The van der Waals surface area contributed by atoms with Crippen LogP contribution in [0.2, 0.25) is 0 Å². The average Bonchev–Trinajstić information content (AvgIpc) is 2.93. The SMILES string of the molecule is Cc1cccc(C(=O)NCCC2CNc3ccccc32)c1O. The van der Waals surface area contributed by atoms with Crippen LogP contribution in [0.25, 0.3) is 0 Å². The summed E-state index contributed by atoms with van der Waals surface area (Å²) in [5.74, 6) is 0.260. The fourth-order valence-corrected chi connectivity index (χ4v) is 2.91. The first kappa shape index (κ1) is 14.4. The van der Waals surface area contributed by atoms with Crippen molar-refractivity contribution < 1.29 is 9.90 Å². The number of carbonyl (C=O) groups is 1. The molecule has 1 aliphatic rings. The molecular weight excluding hydrogens is 276 g/mol. The fourth-order valence-electron chi connectivity index (χ4n) is 2.91. The van der Waals surface area contributed by atoms with Crippen LogP contribution in [0.3, 0.4) is 0 Å². The smallest absolute Gasteiger partial charge is 0.255 e. The zero-order chi connectivity index (χ0) is 15.5. The fraction of sp³-hybridized carbons (Fsp3) is 0.278. The van der Waals surface area contributed by atoms with Crippen molar-refractivity contribution in [2.75, 3.05) is 18.4 Å². The molecule has 1 unspecified atom stereocenters. The molecule has 2 aromatic rings. The van der Waals surface area contributed by atoms with E-state index in [1.807, 2.05) is 12.1 Å². The first-order chi connectivity index (χ1) is 10.7. The first-order valence-corrected chi connectivity index (χ1v) is 7.56. The second-order valence-corrected chi connectivity index (χ2v) is 5.68. The molecule has 4 heteroatoms. The van der Waals surface area contributed by atoms with Crippen LogP contribution in [0.5, 0.6) is 5.75 Å². The third kappa shape index (κ3) is 2.77. The quantitative estimate of drug-likeness (QED) is 0.812. The first-order valence-electron chi connectivity index (χ1n) is 7.56. The van der Waals surface area contributed by atoms with Gasteiger partial charge in [-0.3, -0.25) is 4.79 Å². The molecule has 0 saturated heterocycles. The third-order valence-electron chi connectivity index (χ3n) is 4.20. The van der Waals surface area contributed by atoms with Crippen molar-refractivity contribution in [1.82, 2.24) is 5.32 Å². The normalized spacial score (nSPS) is 16.0. The Labute approximate surface area is 130 Å². The molecule has 2 aromatic carbocycles. The van der Waals surface area contributed by atoms with Gasteiger partial charge in [0.05, 0.1) is 5.56 Å². The minimum Gasteiger partial charge on any atom is -0.507 e. The summed E-state index contributed by atoms with van der Waals surface area (Å²) >= 11 is 0. The molecule has 0 aliphatic carbocycles. The van der Waals surface area contributed by atoms with Crippen LogP contribution in [0, 0.1) is 6.92 Å². The summed E-state index contributed by atoms with van der Waals surface area (Å²) in [6.07, 6.45) is 0.877. The number of phenolic OH excluding ortho intramolecular Hbond substituents is 1. The number of hydrogen-bond acceptors (Lipinski definition) is 3. The van der Waals surface area contributed by atoms with Crippen molar-refractivity contribution in [1.29, 1.82) is 0 Å². The van der Waals surface area contributed by atoms with Crippen molar-refractivity contribution in [3.63, 3.8) is 0 Å². The lowest BCUT2D eigenvalue weighted by Gasteiger charge is -2.12. The molecule has 0 radical (unpaired) electrons. The standard InChI is InChI=1S/C18H20N2O2/c1-12-5-4-7-15(17(12)21)18(22)19-10-9-13-11-20-16-8-3-2-6-14(13)16/h2-8,13,20-21H,9-11H2,1H3,(H,19,22). The topological polar surface area (TPSA) is 61.4 Å². The van der Waals surface area contributed by atoms with E-state index in [1.54, 1.807) is 25.1 Å². The second kappa shape index (κ2) is 6.10. The molecule has 3 rings (SSSR count). The number of aryl methyl sites for hydroxylation is 1. The van der Waals surface area contributed by atoms with Gasteiger partial charge in [0.1, 0.15) is 5.75 Å². The Morgan fingerprint density at radius 1 is 1.27 bits per heavy atom. The Balaban J connectivity index is 1.58. The Morgan fingerprint density at radius 2 is 2.09 bits per heavy atom. The number of benzene rings is 2. The largest absolute Gasteiger partial charge is 0.507 e. The molecule has 0 saturated carbocycles. The zero-order valence-electron chi connectivity index (χ0n) is 12.6. The summed E-state index contributed by atoms with van der Waals surface area (Å²) in [6, 6.07) is 13.5. The number of amides is 1. The van der Waals surface area contributed by atoms with Crippen LogP contribution in [0.1, 0.15) is 33.8 Å². The number of anilines is 1. The maximum atomic E-state index is 12.2. The van der Waals surface area contributed by atoms with Gasteiger partial charge in [0.15, 0.2) is 0 Å². The summed E-state index contributed by atoms with van der Waals surface area (Å²) < 4.78 is 0. The molecule has 1 amide bonds. The number of rotatable bonds is 4. The lowest BCUT2D eigenvalue weighted by atomic mass is 9.98. The molecule has 1 atom stereocenters. The predicted molar refractivity (Wildman–Crippen MR) is 87.5 cm³/mol. The number of carbonyl (C=O) groups excluding carboxylic acids is 1. The molecule has 0 fully saturated rings. The van der Waals surface area contributed by atoms with Gasteiger partial charge in [0, 0.05) is 24.7 Å². The molecule has 22 heavy (non-hydrogen) atoms. The Morgan fingerprint density at radius 3 is 2.95 bits per heavy atom. The van der Waals surface area contributed by atoms with Crippen molar-refractivity contribution in [3.8, 4) is 5.75 Å². The summed E-state index contributed by atoms with van der Waals surface area (Å²) in [7, 11) is 0. The summed E-state index contributed by atoms with van der Waals surface area (Å²) in [5.41, 5.74) is 3.55. The summed E-state index contributed by atoms with van der Waals surface area (Å²) in [6.45, 7) is 3.28. The molecule has 1 heterocycles. The van der Waals surface area contributed by atoms with E-state index in [0.717, 1.165) is 13.0 Å². The second-order valence-electron chi connectivity index (χ2n) is 5.68. The maximum absolute atomic E-state index is 12.2. The van der Waals surface area contributed by atoms with Crippen LogP contribution in [-0.2, 0) is 0 Å². The van der Waals surface area contributed by atoms with Crippen LogP contribution < -0.4 is 10.6 Å². The van der Waals surface area contributed by atoms with Gasteiger partial charge in [0.25, 0.3) is 5.91 Å². The Hall–Kier alpha value is -2.49. The van der Waals surface area contributed by atoms with Crippen molar-refractivity contribution >= 4 is 11.6 Å². The lowest BCUT2D eigenvalue weighted by Crippen LogP contribution is -2.26. The maximum Gasteiger partial charge on any atom is 0.255 e. The number of aromatic hydroxyl groups is 1. The summed E-state index contributed by atoms with van der Waals surface area (Å²) in [5, 5.41) is 16.2. The van der Waals surface area contributed by atoms with Crippen molar-refractivity contribution in [3.05, 3.63) is 59.2 Å². The van der Waals surface area contributed by atoms with Gasteiger partial charge >= 0.3 is 0 Å². The highest BCUT2D eigenvalue weighted by Crippen LogP contribution is 2.32. The highest BCUT2D eigenvalue weighted by molar-refractivity contribution is 5.97. The van der Waals surface area contributed by atoms with E-state index >= 15 is 0 Å². The predicted octanol–water partition coefficient (Wildman–Crippen LogP) is 3.03. The van der Waals surface area contributed by atoms with Gasteiger partial charge in [-0.05, 0) is 36.6 Å². The molecule has 0 spiro atoms. The number of phenols is 1. The van der Waals surface area contributed by atoms with E-state index in [-0.39, 0.29) is 11.7 Å². The summed E-state index contributed by atoms with van der Waals surface area (Å²) in [4.78, 5) is 12.2. The Bertz CT molecular complexity index is 697. The van der Waals surface area contributed by atoms with E-state index in [0.29, 0.717) is 23.6 Å². The third-order valence-corrected chi connectivity index (χ3v) is 4.20. The van der Waals surface area contributed by atoms with Gasteiger partial charge in [-0.2, -0.15) is 0 Å². The number of nitrogens with one attached hydrogen (secondary N) is 2. The molecule has 4 nitrogen and oxygen atoms in total. The minimum absolute atomic E-state index is 0.0629. The van der Waals surface area contributed by atoms with E-state index < -0.39 is 0 Å². The van der Waals surface area contributed by atoms with Crippen molar-refractivity contribution in [2.45, 2.75) is 19.3 Å². The molecule has 1 aliphatic heterocycles. The highest BCUT2D eigenvalue weighted by atomic mass is 16.3. The molecule has 114 valence electrons. The molecule has 0 aromatic heterocycles. The van der Waals surface area contributed by atoms with Gasteiger partial charge in [-0.25, -0.2) is 0 Å². The van der Waals surface area contributed by atoms with E-state index in [2.05, 4.69) is 22.8 Å². The van der Waals surface area contributed by atoms with Crippen LogP contribution >= 0.6 is 0 Å². The highest BCUT2D eigenvalue weighted by Gasteiger charge is 2.21. The van der Waals surface area contributed by atoms with Crippen LogP contribution in [0.15, 0.2) is 42.5 Å². The Kier molecular flexibility index (Phi) is 4.00. The molecular formula is C18H20N2O2. The lowest BCUT2D eigenvalue weighted by molar-refractivity contribution is 0.0950. The van der Waals surface area contributed by atoms with E-state index in [9.17, 15) is 9.90 Å². The number of hydrogen-bond donors (Lipinski definition) is 3. The van der Waals surface area contributed by atoms with Crippen LogP contribution in [-0.4, -0.2) is 24.1 Å². The van der Waals surface area contributed by atoms with E-state index in [4.69, 9.17) is 0 Å². The average molecular weight is 296 g/mol. The number of para-hydroxylation sites is 2. The monoisotopic (exact) mass is 296 g/mol. The minimum atomic E-state index is -0.222. The van der Waals surface area contributed by atoms with E-state index in [1.165, 1.54) is 11.3 Å². The van der Waals surface area contributed by atoms with Gasteiger partial charge in [0.2, 0.25) is 0 Å². The molecule has 3 N–H and O–H groups in total. The number of fused-ring (bicyclic) bond motifs is 1.